The highest BCUT2D eigenvalue weighted by atomic mass is 32.2. The Balaban J connectivity index is 1.56. The molecule has 0 unspecified atom stereocenters. The van der Waals surface area contributed by atoms with Gasteiger partial charge in [-0.1, -0.05) is 35.9 Å². The molecule has 1 aliphatic heterocycles. The molecule has 0 bridgehead atoms. The minimum absolute atomic E-state index is 0.310. The molecule has 26 heavy (non-hydrogen) atoms. The quantitative estimate of drug-likeness (QED) is 0.845. The molecular weight excluding hydrogens is 348 g/mol. The first-order valence-corrected chi connectivity index (χ1v) is 10.4. The van der Waals surface area contributed by atoms with Gasteiger partial charge in [-0.15, -0.1) is 0 Å². The fourth-order valence-electron chi connectivity index (χ4n) is 3.26. The summed E-state index contributed by atoms with van der Waals surface area (Å²) in [5.41, 5.74) is 2.17. The number of sulfonamides is 1. The lowest BCUT2D eigenvalue weighted by Gasteiger charge is -2.32. The third-order valence-electron chi connectivity index (χ3n) is 4.89. The van der Waals surface area contributed by atoms with Gasteiger partial charge in [0.25, 0.3) is 0 Å². The van der Waals surface area contributed by atoms with Gasteiger partial charge in [0.1, 0.15) is 5.75 Å². The first-order chi connectivity index (χ1) is 12.5. The fraction of sp³-hybridized carbons (Fsp3) is 0.400. The molecule has 0 spiro atoms. The second-order valence-corrected chi connectivity index (χ2v) is 8.62. The number of ether oxygens (including phenoxy) is 1. The van der Waals surface area contributed by atoms with Gasteiger partial charge in [0.05, 0.1) is 12.0 Å². The normalized spacial score (nSPS) is 16.5. The summed E-state index contributed by atoms with van der Waals surface area (Å²) >= 11 is 0. The van der Waals surface area contributed by atoms with E-state index in [0.717, 1.165) is 36.3 Å². The van der Waals surface area contributed by atoms with Crippen molar-refractivity contribution < 1.29 is 13.2 Å². The van der Waals surface area contributed by atoms with Crippen LogP contribution < -0.4 is 10.1 Å². The lowest BCUT2D eigenvalue weighted by atomic mass is 10.1. The Morgan fingerprint density at radius 3 is 2.38 bits per heavy atom. The van der Waals surface area contributed by atoms with Crippen molar-refractivity contribution in [1.29, 1.82) is 0 Å². The van der Waals surface area contributed by atoms with Crippen molar-refractivity contribution in [2.45, 2.75) is 37.2 Å². The molecule has 0 amide bonds. The molecule has 1 fully saturated rings. The number of aryl methyl sites for hydroxylation is 1. The molecule has 1 aliphatic rings. The summed E-state index contributed by atoms with van der Waals surface area (Å²) in [6, 6.07) is 15.3. The maximum Gasteiger partial charge on any atom is 0.243 e. The Labute approximate surface area is 156 Å². The van der Waals surface area contributed by atoms with Crippen LogP contribution in [0, 0.1) is 6.92 Å². The zero-order valence-corrected chi connectivity index (χ0v) is 16.1. The lowest BCUT2D eigenvalue weighted by molar-refractivity contribution is 0.287. The van der Waals surface area contributed by atoms with E-state index < -0.39 is 10.0 Å². The second-order valence-electron chi connectivity index (χ2n) is 6.68. The number of methoxy groups -OCH3 is 1. The van der Waals surface area contributed by atoms with Gasteiger partial charge < -0.3 is 10.1 Å². The van der Waals surface area contributed by atoms with E-state index in [0.29, 0.717) is 24.0 Å². The van der Waals surface area contributed by atoms with Crippen LogP contribution in [0.4, 0.5) is 0 Å². The Morgan fingerprint density at radius 2 is 1.73 bits per heavy atom. The van der Waals surface area contributed by atoms with Crippen molar-refractivity contribution in [3.05, 3.63) is 59.7 Å². The topological polar surface area (TPSA) is 58.6 Å². The van der Waals surface area contributed by atoms with Crippen molar-refractivity contribution in [3.63, 3.8) is 0 Å². The molecule has 3 rings (SSSR count). The molecular formula is C20H26N2O3S. The average Bonchev–Trinajstić information content (AvgIpc) is 2.67. The lowest BCUT2D eigenvalue weighted by Crippen LogP contribution is -2.44. The Kier molecular flexibility index (Phi) is 5.96. The van der Waals surface area contributed by atoms with Crippen LogP contribution in [-0.2, 0) is 16.6 Å². The Morgan fingerprint density at radius 1 is 1.08 bits per heavy atom. The number of piperidine rings is 1. The van der Waals surface area contributed by atoms with E-state index in [1.54, 1.807) is 23.5 Å². The number of hydrogen-bond donors (Lipinski definition) is 1. The molecule has 0 aliphatic carbocycles. The van der Waals surface area contributed by atoms with Gasteiger partial charge in [-0.25, -0.2) is 8.42 Å². The van der Waals surface area contributed by atoms with Crippen molar-refractivity contribution in [3.8, 4) is 5.75 Å². The third-order valence-corrected chi connectivity index (χ3v) is 6.80. The highest BCUT2D eigenvalue weighted by molar-refractivity contribution is 7.89. The van der Waals surface area contributed by atoms with Gasteiger partial charge >= 0.3 is 0 Å². The molecule has 1 heterocycles. The highest BCUT2D eigenvalue weighted by Crippen LogP contribution is 2.22. The summed E-state index contributed by atoms with van der Waals surface area (Å²) in [6.07, 6.45) is 1.61. The molecule has 0 radical (unpaired) electrons. The van der Waals surface area contributed by atoms with E-state index in [1.165, 1.54) is 0 Å². The van der Waals surface area contributed by atoms with E-state index >= 15 is 0 Å². The van der Waals surface area contributed by atoms with Crippen LogP contribution >= 0.6 is 0 Å². The Bertz CT molecular complexity index is 826. The molecule has 1 saturated heterocycles. The zero-order valence-electron chi connectivity index (χ0n) is 15.3. The van der Waals surface area contributed by atoms with Crippen LogP contribution in [0.2, 0.25) is 0 Å². The van der Waals surface area contributed by atoms with Crippen LogP contribution in [-0.4, -0.2) is 39.0 Å². The molecule has 2 aromatic carbocycles. The van der Waals surface area contributed by atoms with Crippen LogP contribution in [0.3, 0.4) is 0 Å². The zero-order chi connectivity index (χ0) is 18.6. The molecule has 2 aromatic rings. The number of rotatable bonds is 6. The summed E-state index contributed by atoms with van der Waals surface area (Å²) in [5, 5.41) is 3.53. The molecule has 6 heteroatoms. The van der Waals surface area contributed by atoms with Gasteiger partial charge in [0.2, 0.25) is 10.0 Å². The van der Waals surface area contributed by atoms with Crippen LogP contribution in [0.15, 0.2) is 53.4 Å². The predicted octanol–water partition coefficient (Wildman–Crippen LogP) is 2.95. The van der Waals surface area contributed by atoms with E-state index in [-0.39, 0.29) is 0 Å². The van der Waals surface area contributed by atoms with E-state index in [2.05, 4.69) is 5.32 Å². The fourth-order valence-corrected chi connectivity index (χ4v) is 4.73. The van der Waals surface area contributed by atoms with Crippen molar-refractivity contribution in [2.75, 3.05) is 20.2 Å². The first kappa shape index (κ1) is 18.9. The summed E-state index contributed by atoms with van der Waals surface area (Å²) in [5.74, 6) is 0.874. The smallest absolute Gasteiger partial charge is 0.243 e. The molecule has 140 valence electrons. The monoisotopic (exact) mass is 374 g/mol. The van der Waals surface area contributed by atoms with Gasteiger partial charge in [-0.2, -0.15) is 4.31 Å². The molecule has 0 aromatic heterocycles. The SMILES string of the molecule is COc1ccccc1CNC1CCN(S(=O)(=O)c2ccc(C)cc2)CC1. The number of benzene rings is 2. The van der Waals surface area contributed by atoms with Crippen LogP contribution in [0.25, 0.3) is 0 Å². The van der Waals surface area contributed by atoms with Crippen LogP contribution in [0.5, 0.6) is 5.75 Å². The molecule has 5 nitrogen and oxygen atoms in total. The van der Waals surface area contributed by atoms with Gasteiger partial charge in [0, 0.05) is 31.2 Å². The summed E-state index contributed by atoms with van der Waals surface area (Å²) in [4.78, 5) is 0.378. The van der Waals surface area contributed by atoms with Crippen molar-refractivity contribution in [2.24, 2.45) is 0 Å². The summed E-state index contributed by atoms with van der Waals surface area (Å²) < 4.78 is 32.5. The standard InChI is InChI=1S/C20H26N2O3S/c1-16-7-9-19(10-8-16)26(23,24)22-13-11-18(12-14-22)21-15-17-5-3-4-6-20(17)25-2/h3-10,18,21H,11-15H2,1-2H3. The Hall–Kier alpha value is -1.89. The largest absolute Gasteiger partial charge is 0.496 e. The minimum Gasteiger partial charge on any atom is -0.496 e. The average molecular weight is 375 g/mol. The van der Waals surface area contributed by atoms with E-state index in [1.807, 2.05) is 43.3 Å². The number of para-hydroxylation sites is 1. The summed E-state index contributed by atoms with van der Waals surface area (Å²) in [6.45, 7) is 3.76. The van der Waals surface area contributed by atoms with E-state index in [9.17, 15) is 8.42 Å². The van der Waals surface area contributed by atoms with Crippen molar-refractivity contribution >= 4 is 10.0 Å². The molecule has 0 saturated carbocycles. The van der Waals surface area contributed by atoms with E-state index in [4.69, 9.17) is 4.74 Å². The number of nitrogens with zero attached hydrogens (tertiary/aromatic N) is 1. The second kappa shape index (κ2) is 8.20. The minimum atomic E-state index is -3.39. The van der Waals surface area contributed by atoms with Crippen LogP contribution in [0.1, 0.15) is 24.0 Å². The number of nitrogens with one attached hydrogen (secondary N) is 1. The molecule has 1 N–H and O–H groups in total. The predicted molar refractivity (Wildman–Crippen MR) is 103 cm³/mol. The van der Waals surface area contributed by atoms with Gasteiger partial charge in [0.15, 0.2) is 0 Å². The number of hydrogen-bond acceptors (Lipinski definition) is 4. The van der Waals surface area contributed by atoms with Crippen molar-refractivity contribution in [1.82, 2.24) is 9.62 Å². The molecule has 0 atom stereocenters. The third kappa shape index (κ3) is 4.26. The summed E-state index contributed by atoms with van der Waals surface area (Å²) in [7, 11) is -1.72. The maximum atomic E-state index is 12.8. The van der Waals surface area contributed by atoms with Gasteiger partial charge in [-0.3, -0.25) is 0 Å². The van der Waals surface area contributed by atoms with Gasteiger partial charge in [-0.05, 0) is 38.0 Å². The first-order valence-electron chi connectivity index (χ1n) is 8.93. The maximum absolute atomic E-state index is 12.8. The highest BCUT2D eigenvalue weighted by Gasteiger charge is 2.29.